The second-order valence-electron chi connectivity index (χ2n) is 8.42. The number of rotatable bonds is 8. The van der Waals surface area contributed by atoms with E-state index in [0.29, 0.717) is 17.3 Å². The van der Waals surface area contributed by atoms with Gasteiger partial charge in [-0.2, -0.15) is 0 Å². The van der Waals surface area contributed by atoms with E-state index in [1.165, 1.54) is 26.6 Å². The lowest BCUT2D eigenvalue weighted by molar-refractivity contribution is 0.114. The molecule has 3 N–H and O–H groups in total. The molecule has 2 heterocycles. The van der Waals surface area contributed by atoms with E-state index >= 15 is 0 Å². The fraction of sp³-hybridized carbons (Fsp3) is 0.320. The van der Waals surface area contributed by atoms with Crippen LogP contribution in [0.1, 0.15) is 12.8 Å². The molecule has 2 amide bonds. The molecule has 10 nitrogen and oxygen atoms in total. The van der Waals surface area contributed by atoms with Crippen molar-refractivity contribution >= 4 is 52.2 Å². The van der Waals surface area contributed by atoms with Gasteiger partial charge in [-0.3, -0.25) is 5.32 Å². The molecule has 1 aromatic heterocycles. The summed E-state index contributed by atoms with van der Waals surface area (Å²) in [5.41, 5.74) is 0.957. The molecule has 0 spiro atoms. The first-order valence-corrected chi connectivity index (χ1v) is 12.3. The van der Waals surface area contributed by atoms with Crippen LogP contribution in [0.3, 0.4) is 0 Å². The Morgan fingerprint density at radius 3 is 2.19 bits per heavy atom. The molecule has 0 saturated carbocycles. The van der Waals surface area contributed by atoms with Gasteiger partial charge >= 0.3 is 6.03 Å². The van der Waals surface area contributed by atoms with Gasteiger partial charge in [-0.15, -0.1) is 0 Å². The Hall–Kier alpha value is -3.47. The van der Waals surface area contributed by atoms with Gasteiger partial charge in [-0.05, 0) is 44.2 Å². The molecule has 196 valence electrons. The summed E-state index contributed by atoms with van der Waals surface area (Å²) in [5, 5.41) is 8.72. The second-order valence-corrected chi connectivity index (χ2v) is 9.18. The number of hydrogen-bond acceptors (Lipinski definition) is 8. The molecule has 0 radical (unpaired) electrons. The number of urea groups is 1. The van der Waals surface area contributed by atoms with E-state index in [-0.39, 0.29) is 27.7 Å². The Kier molecular flexibility index (Phi) is 8.75. The summed E-state index contributed by atoms with van der Waals surface area (Å²) in [5.74, 6) is 2.19. The molecule has 0 atom stereocenters. The van der Waals surface area contributed by atoms with Crippen LogP contribution >= 0.6 is 23.2 Å². The number of hydrogen-bond donors (Lipinski definition) is 3. The molecule has 0 bridgehead atoms. The maximum atomic E-state index is 12.7. The average molecular weight is 547 g/mol. The summed E-state index contributed by atoms with van der Waals surface area (Å²) in [4.78, 5) is 23.3. The van der Waals surface area contributed by atoms with Crippen molar-refractivity contribution in [2.45, 2.75) is 18.9 Å². The number of nitrogens with zero attached hydrogens (tertiary/aromatic N) is 3. The van der Waals surface area contributed by atoms with Crippen LogP contribution in [0, 0.1) is 0 Å². The molecule has 12 heteroatoms. The molecule has 4 rings (SSSR count). The molecule has 1 aliphatic heterocycles. The van der Waals surface area contributed by atoms with E-state index in [1.807, 2.05) is 24.3 Å². The Morgan fingerprint density at radius 1 is 0.946 bits per heavy atom. The number of amides is 2. The minimum atomic E-state index is -0.612. The van der Waals surface area contributed by atoms with Crippen LogP contribution in [-0.2, 0) is 0 Å². The zero-order valence-electron chi connectivity index (χ0n) is 20.7. The molecule has 3 aromatic rings. The van der Waals surface area contributed by atoms with Gasteiger partial charge in [-0.25, -0.2) is 14.8 Å². The first kappa shape index (κ1) is 26.6. The van der Waals surface area contributed by atoms with Gasteiger partial charge in [0.2, 0.25) is 0 Å². The summed E-state index contributed by atoms with van der Waals surface area (Å²) in [6, 6.07) is 10.2. The number of piperidine rings is 1. The highest BCUT2D eigenvalue weighted by atomic mass is 35.5. The second kappa shape index (κ2) is 12.2. The number of ether oxygens (including phenoxy) is 3. The van der Waals surface area contributed by atoms with Gasteiger partial charge in [0.1, 0.15) is 51.4 Å². The van der Waals surface area contributed by atoms with Crippen LogP contribution in [-0.4, -0.2) is 61.4 Å². The van der Waals surface area contributed by atoms with Gasteiger partial charge in [0.15, 0.2) is 0 Å². The molecule has 0 aliphatic carbocycles. The van der Waals surface area contributed by atoms with Crippen molar-refractivity contribution in [3.8, 4) is 17.2 Å². The molecular formula is C25H28Cl2N6O4. The first-order chi connectivity index (χ1) is 17.9. The van der Waals surface area contributed by atoms with E-state index in [4.69, 9.17) is 37.4 Å². The number of halogens is 2. The molecule has 0 unspecified atom stereocenters. The first-order valence-electron chi connectivity index (χ1n) is 11.6. The molecule has 1 saturated heterocycles. The van der Waals surface area contributed by atoms with Gasteiger partial charge in [-0.1, -0.05) is 23.2 Å². The lowest BCUT2D eigenvalue weighted by Crippen LogP contribution is -2.35. The van der Waals surface area contributed by atoms with E-state index in [0.717, 1.165) is 37.4 Å². The zero-order chi connectivity index (χ0) is 26.4. The average Bonchev–Trinajstić information content (AvgIpc) is 2.89. The van der Waals surface area contributed by atoms with Crippen LogP contribution in [0.15, 0.2) is 42.7 Å². The van der Waals surface area contributed by atoms with Crippen molar-refractivity contribution in [3.05, 3.63) is 52.8 Å². The van der Waals surface area contributed by atoms with Crippen molar-refractivity contribution < 1.29 is 19.0 Å². The minimum Gasteiger partial charge on any atom is -0.495 e. The molecule has 37 heavy (non-hydrogen) atoms. The Morgan fingerprint density at radius 2 is 1.57 bits per heavy atom. The number of carbonyl (C=O) groups is 1. The van der Waals surface area contributed by atoms with Crippen LogP contribution in [0.4, 0.5) is 27.8 Å². The molecular weight excluding hydrogens is 519 g/mol. The maximum absolute atomic E-state index is 12.7. The van der Waals surface area contributed by atoms with Crippen molar-refractivity contribution in [1.82, 2.24) is 14.9 Å². The fourth-order valence-electron chi connectivity index (χ4n) is 3.81. The van der Waals surface area contributed by atoms with E-state index in [1.54, 1.807) is 6.07 Å². The minimum absolute atomic E-state index is 0.136. The molecule has 1 fully saturated rings. The van der Waals surface area contributed by atoms with Crippen molar-refractivity contribution in [2.24, 2.45) is 0 Å². The number of methoxy groups -OCH3 is 2. The third kappa shape index (κ3) is 6.85. The standard InChI is InChI=1S/C25H28Cl2N6O4/c1-33-10-8-17(9-11-33)37-16-6-4-15(5-7-16)30-20-13-21(29-14-28-20)31-25(34)32-24-22(26)18(35-2)12-19(36-3)23(24)27/h4-7,12-14,17H,8-11H2,1-3H3,(H3,28,29,30,31,32,34). The SMILES string of the molecule is COc1cc(OC)c(Cl)c(NC(=O)Nc2cc(Nc3ccc(OC4CCN(C)CC4)cc3)ncn2)c1Cl. The zero-order valence-corrected chi connectivity index (χ0v) is 22.2. The fourth-order valence-corrected chi connectivity index (χ4v) is 4.41. The molecule has 2 aromatic carbocycles. The van der Waals surface area contributed by atoms with Gasteiger partial charge in [0.05, 0.1) is 19.9 Å². The topological polar surface area (TPSA) is 110 Å². The molecule has 1 aliphatic rings. The highest BCUT2D eigenvalue weighted by Crippen LogP contribution is 2.44. The van der Waals surface area contributed by atoms with E-state index < -0.39 is 6.03 Å². The van der Waals surface area contributed by atoms with Crippen LogP contribution in [0.25, 0.3) is 0 Å². The lowest BCUT2D eigenvalue weighted by atomic mass is 10.1. The number of aromatic nitrogens is 2. The lowest BCUT2D eigenvalue weighted by Gasteiger charge is -2.29. The highest BCUT2D eigenvalue weighted by molar-refractivity contribution is 6.41. The smallest absolute Gasteiger partial charge is 0.324 e. The predicted molar refractivity (Wildman–Crippen MR) is 145 cm³/mol. The van der Waals surface area contributed by atoms with Crippen LogP contribution < -0.4 is 30.2 Å². The summed E-state index contributed by atoms with van der Waals surface area (Å²) < 4.78 is 16.5. The number of nitrogens with one attached hydrogen (secondary N) is 3. The van der Waals surface area contributed by atoms with Gasteiger partial charge < -0.3 is 29.7 Å². The number of carbonyl (C=O) groups excluding carboxylic acids is 1. The quantitative estimate of drug-likeness (QED) is 0.332. The summed E-state index contributed by atoms with van der Waals surface area (Å²) in [6.07, 6.45) is 3.61. The van der Waals surface area contributed by atoms with Crippen molar-refractivity contribution in [1.29, 1.82) is 0 Å². The van der Waals surface area contributed by atoms with Gasteiger partial charge in [0.25, 0.3) is 0 Å². The Labute approximate surface area is 225 Å². The Bertz CT molecular complexity index is 1210. The number of anilines is 4. The highest BCUT2D eigenvalue weighted by Gasteiger charge is 2.20. The summed E-state index contributed by atoms with van der Waals surface area (Å²) >= 11 is 12.6. The normalized spacial score (nSPS) is 14.1. The third-order valence-electron chi connectivity index (χ3n) is 5.82. The number of benzene rings is 2. The van der Waals surface area contributed by atoms with Crippen LogP contribution in [0.5, 0.6) is 17.2 Å². The third-order valence-corrected chi connectivity index (χ3v) is 6.57. The van der Waals surface area contributed by atoms with E-state index in [9.17, 15) is 4.79 Å². The maximum Gasteiger partial charge on any atom is 0.324 e. The van der Waals surface area contributed by atoms with Gasteiger partial charge in [0, 0.05) is 30.9 Å². The monoisotopic (exact) mass is 546 g/mol. The Balaban J connectivity index is 1.37. The summed E-state index contributed by atoms with van der Waals surface area (Å²) in [7, 11) is 5.02. The van der Waals surface area contributed by atoms with Crippen molar-refractivity contribution in [2.75, 3.05) is 50.3 Å². The van der Waals surface area contributed by atoms with E-state index in [2.05, 4.69) is 37.9 Å². The number of likely N-dealkylation sites (tertiary alicyclic amines) is 1. The summed E-state index contributed by atoms with van der Waals surface area (Å²) in [6.45, 7) is 2.08. The van der Waals surface area contributed by atoms with Crippen LogP contribution in [0.2, 0.25) is 10.0 Å². The largest absolute Gasteiger partial charge is 0.495 e. The predicted octanol–water partition coefficient (Wildman–Crippen LogP) is 5.66. The van der Waals surface area contributed by atoms with Crippen molar-refractivity contribution in [3.63, 3.8) is 0 Å².